The maximum atomic E-state index is 10.8. The summed E-state index contributed by atoms with van der Waals surface area (Å²) < 4.78 is 7.49. The van der Waals surface area contributed by atoms with Crippen molar-refractivity contribution in [3.05, 3.63) is 72.4 Å². The van der Waals surface area contributed by atoms with E-state index in [-0.39, 0.29) is 12.1 Å². The first-order valence-electron chi connectivity index (χ1n) is 10.1. The minimum absolute atomic E-state index is 0.283. The van der Waals surface area contributed by atoms with E-state index in [1.165, 1.54) is 0 Å². The van der Waals surface area contributed by atoms with Crippen LogP contribution < -0.4 is 10.1 Å². The van der Waals surface area contributed by atoms with Crippen molar-refractivity contribution in [1.82, 2.24) is 19.7 Å². The molecule has 7 heteroatoms. The molecule has 0 fully saturated rings. The Labute approximate surface area is 175 Å². The zero-order chi connectivity index (χ0) is 20.9. The van der Waals surface area contributed by atoms with Gasteiger partial charge in [-0.2, -0.15) is 15.1 Å². The summed E-state index contributed by atoms with van der Waals surface area (Å²) in [5, 5.41) is 19.4. The lowest BCUT2D eigenvalue weighted by molar-refractivity contribution is 0.160. The Balaban J connectivity index is 1.72. The van der Waals surface area contributed by atoms with Gasteiger partial charge < -0.3 is 15.2 Å². The van der Waals surface area contributed by atoms with E-state index in [1.807, 2.05) is 74.5 Å². The summed E-state index contributed by atoms with van der Waals surface area (Å²) in [6, 6.07) is 19.4. The number of hydrogen-bond donors (Lipinski definition) is 2. The first kappa shape index (κ1) is 19.8. The molecule has 0 bridgehead atoms. The van der Waals surface area contributed by atoms with Gasteiger partial charge in [-0.15, -0.1) is 0 Å². The second kappa shape index (κ2) is 8.92. The van der Waals surface area contributed by atoms with E-state index in [1.54, 1.807) is 10.9 Å². The molecule has 0 saturated carbocycles. The van der Waals surface area contributed by atoms with Crippen molar-refractivity contribution < 1.29 is 9.84 Å². The van der Waals surface area contributed by atoms with Crippen molar-refractivity contribution in [1.29, 1.82) is 0 Å². The van der Waals surface area contributed by atoms with Gasteiger partial charge >= 0.3 is 6.01 Å². The van der Waals surface area contributed by atoms with Crippen LogP contribution >= 0.6 is 0 Å². The Bertz CT molecular complexity index is 1100. The third-order valence-corrected chi connectivity index (χ3v) is 4.82. The average molecular weight is 403 g/mol. The quantitative estimate of drug-likeness (QED) is 0.460. The predicted octanol–water partition coefficient (Wildman–Crippen LogP) is 4.14. The van der Waals surface area contributed by atoms with Crippen molar-refractivity contribution in [2.45, 2.75) is 32.4 Å². The number of nitrogens with one attached hydrogen (secondary N) is 1. The van der Waals surface area contributed by atoms with E-state index < -0.39 is 6.10 Å². The minimum atomic E-state index is -0.694. The van der Waals surface area contributed by atoms with E-state index in [0.717, 1.165) is 23.1 Å². The third-order valence-electron chi connectivity index (χ3n) is 4.82. The zero-order valence-corrected chi connectivity index (χ0v) is 17.1. The molecular weight excluding hydrogens is 378 g/mol. The molecule has 2 heterocycles. The average Bonchev–Trinajstić information content (AvgIpc) is 3.22. The molecule has 2 aromatic carbocycles. The maximum absolute atomic E-state index is 10.8. The highest BCUT2D eigenvalue weighted by Crippen LogP contribution is 2.27. The molecular formula is C23H25N5O2. The highest BCUT2D eigenvalue weighted by atomic mass is 16.5. The van der Waals surface area contributed by atoms with Gasteiger partial charge in [0.1, 0.15) is 5.82 Å². The summed E-state index contributed by atoms with van der Waals surface area (Å²) in [6.07, 6.45) is 1.89. The Morgan fingerprint density at radius 2 is 1.73 bits per heavy atom. The summed E-state index contributed by atoms with van der Waals surface area (Å²) in [6.45, 7) is 4.47. The van der Waals surface area contributed by atoms with E-state index >= 15 is 0 Å². The zero-order valence-electron chi connectivity index (χ0n) is 17.1. The molecule has 7 nitrogen and oxygen atoms in total. The van der Waals surface area contributed by atoms with Crippen LogP contribution in [0.1, 0.15) is 31.9 Å². The summed E-state index contributed by atoms with van der Waals surface area (Å²) in [5.74, 6) is 0.579. The predicted molar refractivity (Wildman–Crippen MR) is 117 cm³/mol. The van der Waals surface area contributed by atoms with Crippen LogP contribution in [-0.4, -0.2) is 37.5 Å². The molecule has 0 aliphatic heterocycles. The summed E-state index contributed by atoms with van der Waals surface area (Å²) in [7, 11) is 0. The van der Waals surface area contributed by atoms with Gasteiger partial charge in [-0.3, -0.25) is 0 Å². The number of anilines is 1. The highest BCUT2D eigenvalue weighted by Gasteiger charge is 2.20. The monoisotopic (exact) mass is 403 g/mol. The van der Waals surface area contributed by atoms with Crippen LogP contribution in [0.15, 0.2) is 66.9 Å². The van der Waals surface area contributed by atoms with E-state index in [2.05, 4.69) is 20.4 Å². The fourth-order valence-corrected chi connectivity index (χ4v) is 3.25. The van der Waals surface area contributed by atoms with Crippen molar-refractivity contribution in [3.8, 4) is 11.7 Å². The standard InChI is InChI=1S/C23H25N5O2/c1-3-14-30-23-26-21(25-16(2)20(29)17-10-6-4-7-11-17)19-15-24-28(22(19)27-23)18-12-8-5-9-13-18/h4-13,15-16,20,29H,3,14H2,1-2H3,(H,25,26,27)/t16-,20-/m0/s1. The molecule has 0 saturated heterocycles. The topological polar surface area (TPSA) is 85.1 Å². The molecule has 0 aliphatic rings. The van der Waals surface area contributed by atoms with Gasteiger partial charge in [0, 0.05) is 0 Å². The number of nitrogens with zero attached hydrogens (tertiary/aromatic N) is 4. The lowest BCUT2D eigenvalue weighted by Gasteiger charge is -2.21. The largest absolute Gasteiger partial charge is 0.463 e. The van der Waals surface area contributed by atoms with Gasteiger partial charge in [0.15, 0.2) is 5.65 Å². The molecule has 0 unspecified atom stereocenters. The van der Waals surface area contributed by atoms with E-state index in [0.29, 0.717) is 18.1 Å². The van der Waals surface area contributed by atoms with E-state index in [4.69, 9.17) is 4.74 Å². The maximum Gasteiger partial charge on any atom is 0.320 e. The molecule has 2 aromatic heterocycles. The molecule has 0 radical (unpaired) electrons. The van der Waals surface area contributed by atoms with Crippen LogP contribution in [0, 0.1) is 0 Å². The highest BCUT2D eigenvalue weighted by molar-refractivity contribution is 5.87. The van der Waals surface area contributed by atoms with Crippen LogP contribution in [0.4, 0.5) is 5.82 Å². The fraction of sp³-hybridized carbons (Fsp3) is 0.261. The summed E-state index contributed by atoms with van der Waals surface area (Å²) in [4.78, 5) is 9.14. The van der Waals surface area contributed by atoms with E-state index in [9.17, 15) is 5.11 Å². The molecule has 0 aliphatic carbocycles. The van der Waals surface area contributed by atoms with Crippen LogP contribution in [0.2, 0.25) is 0 Å². The number of benzene rings is 2. The molecule has 0 spiro atoms. The number of para-hydroxylation sites is 1. The molecule has 4 rings (SSSR count). The Kier molecular flexibility index (Phi) is 5.90. The van der Waals surface area contributed by atoms with Gasteiger partial charge in [-0.1, -0.05) is 55.5 Å². The Morgan fingerprint density at radius 1 is 1.03 bits per heavy atom. The summed E-state index contributed by atoms with van der Waals surface area (Å²) in [5.41, 5.74) is 2.38. The van der Waals surface area contributed by atoms with Crippen molar-refractivity contribution in [2.75, 3.05) is 11.9 Å². The van der Waals surface area contributed by atoms with Crippen molar-refractivity contribution in [2.24, 2.45) is 0 Å². The van der Waals surface area contributed by atoms with Gasteiger partial charge in [-0.05, 0) is 31.0 Å². The molecule has 0 amide bonds. The first-order valence-corrected chi connectivity index (χ1v) is 10.1. The van der Waals surface area contributed by atoms with Gasteiger partial charge in [0.25, 0.3) is 0 Å². The molecule has 154 valence electrons. The van der Waals surface area contributed by atoms with Crippen LogP contribution in [-0.2, 0) is 0 Å². The number of hydrogen-bond acceptors (Lipinski definition) is 6. The normalized spacial score (nSPS) is 13.2. The van der Waals surface area contributed by atoms with Crippen LogP contribution in [0.5, 0.6) is 6.01 Å². The number of aliphatic hydroxyl groups excluding tert-OH is 1. The number of rotatable bonds is 8. The Morgan fingerprint density at radius 3 is 2.43 bits per heavy atom. The minimum Gasteiger partial charge on any atom is -0.463 e. The SMILES string of the molecule is CCCOc1nc(N[C@@H](C)[C@H](O)c2ccccc2)c2cnn(-c3ccccc3)c2n1. The lowest BCUT2D eigenvalue weighted by Crippen LogP contribution is -2.25. The smallest absolute Gasteiger partial charge is 0.320 e. The number of aliphatic hydroxyl groups is 1. The molecule has 30 heavy (non-hydrogen) atoms. The van der Waals surface area contributed by atoms with Gasteiger partial charge in [-0.25, -0.2) is 4.68 Å². The number of fused-ring (bicyclic) bond motifs is 1. The Hall–Kier alpha value is -3.45. The fourth-order valence-electron chi connectivity index (χ4n) is 3.25. The molecule has 4 aromatic rings. The van der Waals surface area contributed by atoms with Crippen LogP contribution in [0.3, 0.4) is 0 Å². The third kappa shape index (κ3) is 4.11. The van der Waals surface area contributed by atoms with Crippen molar-refractivity contribution >= 4 is 16.9 Å². The van der Waals surface area contributed by atoms with Crippen molar-refractivity contribution in [3.63, 3.8) is 0 Å². The first-order chi connectivity index (χ1) is 14.7. The summed E-state index contributed by atoms with van der Waals surface area (Å²) >= 11 is 0. The number of aromatic nitrogens is 4. The second-order valence-electron chi connectivity index (χ2n) is 7.12. The molecule has 2 N–H and O–H groups in total. The van der Waals surface area contributed by atoms with Gasteiger partial charge in [0.05, 0.1) is 36.0 Å². The second-order valence-corrected chi connectivity index (χ2v) is 7.12. The van der Waals surface area contributed by atoms with Crippen LogP contribution in [0.25, 0.3) is 16.7 Å². The van der Waals surface area contributed by atoms with Gasteiger partial charge in [0.2, 0.25) is 0 Å². The molecule has 2 atom stereocenters. The lowest BCUT2D eigenvalue weighted by atomic mass is 10.0. The number of ether oxygens (including phenoxy) is 1.